The molecule has 0 spiro atoms. The van der Waals surface area contributed by atoms with E-state index in [4.69, 9.17) is 19.7 Å². The molecule has 12 nitrogen and oxygen atoms in total. The fourth-order valence-electron chi connectivity index (χ4n) is 4.22. The monoisotopic (exact) mass is 594 g/mol. The number of hydrogen-bond donors (Lipinski definition) is 3. The topological polar surface area (TPSA) is 182 Å². The van der Waals surface area contributed by atoms with Crippen LogP contribution in [0.2, 0.25) is 0 Å². The minimum absolute atomic E-state index is 0.142. The maximum absolute atomic E-state index is 12.5. The summed E-state index contributed by atoms with van der Waals surface area (Å²) in [7, 11) is 3.02. The zero-order valence-corrected chi connectivity index (χ0v) is 23.4. The third kappa shape index (κ3) is 5.64. The number of carboxylic acid groups (broad SMARTS) is 2. The second-order valence-corrected chi connectivity index (χ2v) is 10.9. The number of imidazole rings is 1. The molecule has 0 amide bonds. The summed E-state index contributed by atoms with van der Waals surface area (Å²) in [6, 6.07) is 7.05. The van der Waals surface area contributed by atoms with E-state index in [1.807, 2.05) is 12.1 Å². The fourth-order valence-corrected chi connectivity index (χ4v) is 6.13. The number of aromatic amines is 1. The van der Waals surface area contributed by atoms with Gasteiger partial charge in [0.2, 0.25) is 0 Å². The van der Waals surface area contributed by atoms with Crippen LogP contribution in [0.25, 0.3) is 42.9 Å². The lowest BCUT2D eigenvalue weighted by molar-refractivity contribution is -0.137. The number of nitrogens with zero attached hydrogens (tertiary/aromatic N) is 3. The molecule has 3 N–H and O–H groups in total. The number of benzene rings is 2. The number of ether oxygens (including phenoxy) is 2. The summed E-state index contributed by atoms with van der Waals surface area (Å²) in [4.78, 5) is 63.2. The Morgan fingerprint density at radius 2 is 1.24 bits per heavy atom. The van der Waals surface area contributed by atoms with E-state index in [-0.39, 0.29) is 47.3 Å². The SMILES string of the molecule is COc1cc2nc(C(=O)CCC(=O)O)sc2cc1-c1nc[nH]c1-c1cc2sc(C(=O)CCC(=O)O)nc2cc1OC. The molecular weight excluding hydrogens is 572 g/mol. The first-order chi connectivity index (χ1) is 19.7. The number of aliphatic carboxylic acids is 2. The number of aromatic nitrogens is 4. The molecule has 0 aliphatic rings. The smallest absolute Gasteiger partial charge is 0.303 e. The maximum Gasteiger partial charge on any atom is 0.303 e. The zero-order valence-electron chi connectivity index (χ0n) is 21.7. The molecule has 0 fully saturated rings. The second-order valence-electron chi connectivity index (χ2n) is 8.84. The van der Waals surface area contributed by atoms with E-state index >= 15 is 0 Å². The van der Waals surface area contributed by atoms with Crippen LogP contribution < -0.4 is 9.47 Å². The number of hydrogen-bond acceptors (Lipinski definition) is 11. The van der Waals surface area contributed by atoms with Gasteiger partial charge in [-0.1, -0.05) is 0 Å². The molecular formula is C27H22N4O8S2. The van der Waals surface area contributed by atoms with E-state index < -0.39 is 11.9 Å². The number of thiazole rings is 2. The highest BCUT2D eigenvalue weighted by Crippen LogP contribution is 2.43. The van der Waals surface area contributed by atoms with Gasteiger partial charge < -0.3 is 24.7 Å². The number of carbonyl (C=O) groups excluding carboxylic acids is 2. The van der Waals surface area contributed by atoms with Crippen molar-refractivity contribution in [2.45, 2.75) is 25.7 Å². The summed E-state index contributed by atoms with van der Waals surface area (Å²) in [6.07, 6.45) is 0.694. The predicted octanol–water partition coefficient (Wildman–Crippen LogP) is 5.08. The highest BCUT2D eigenvalue weighted by Gasteiger charge is 2.23. The Hall–Kier alpha value is -4.69. The number of fused-ring (bicyclic) bond motifs is 2. The van der Waals surface area contributed by atoms with Crippen LogP contribution in [0.15, 0.2) is 30.6 Å². The Bertz CT molecular complexity index is 1710. The van der Waals surface area contributed by atoms with Crippen LogP contribution in [0, 0.1) is 0 Å². The van der Waals surface area contributed by atoms with E-state index in [9.17, 15) is 19.2 Å². The van der Waals surface area contributed by atoms with Crippen LogP contribution in [0.4, 0.5) is 0 Å². The molecule has 5 rings (SSSR count). The average molecular weight is 595 g/mol. The zero-order chi connectivity index (χ0) is 29.3. The van der Waals surface area contributed by atoms with Crippen molar-refractivity contribution < 1.29 is 38.9 Å². The molecule has 210 valence electrons. The molecule has 0 atom stereocenters. The van der Waals surface area contributed by atoms with Crippen molar-refractivity contribution in [1.29, 1.82) is 0 Å². The van der Waals surface area contributed by atoms with Crippen molar-refractivity contribution in [3.63, 3.8) is 0 Å². The van der Waals surface area contributed by atoms with Gasteiger partial charge >= 0.3 is 11.9 Å². The quantitative estimate of drug-likeness (QED) is 0.164. The van der Waals surface area contributed by atoms with Crippen LogP contribution in [-0.2, 0) is 9.59 Å². The largest absolute Gasteiger partial charge is 0.496 e. The van der Waals surface area contributed by atoms with Gasteiger partial charge in [-0.3, -0.25) is 19.2 Å². The van der Waals surface area contributed by atoms with E-state index in [0.717, 1.165) is 11.3 Å². The average Bonchev–Trinajstić information content (AvgIpc) is 3.70. The Labute approximate surface area is 239 Å². The molecule has 0 aliphatic carbocycles. The van der Waals surface area contributed by atoms with Crippen molar-refractivity contribution >= 4 is 66.6 Å². The van der Waals surface area contributed by atoms with Gasteiger partial charge in [-0.25, -0.2) is 15.0 Å². The van der Waals surface area contributed by atoms with Crippen molar-refractivity contribution in [2.24, 2.45) is 0 Å². The summed E-state index contributed by atoms with van der Waals surface area (Å²) in [5.74, 6) is -1.87. The molecule has 5 aromatic rings. The molecule has 14 heteroatoms. The predicted molar refractivity (Wildman–Crippen MR) is 151 cm³/mol. The lowest BCUT2D eigenvalue weighted by atomic mass is 10.0. The Morgan fingerprint density at radius 3 is 1.73 bits per heavy atom. The molecule has 0 saturated carbocycles. The van der Waals surface area contributed by atoms with Crippen molar-refractivity contribution in [1.82, 2.24) is 19.9 Å². The highest BCUT2D eigenvalue weighted by atomic mass is 32.1. The molecule has 0 saturated heterocycles. The molecule has 3 aromatic heterocycles. The van der Waals surface area contributed by atoms with E-state index in [0.29, 0.717) is 54.4 Å². The van der Waals surface area contributed by atoms with Crippen LogP contribution in [0.1, 0.15) is 45.3 Å². The van der Waals surface area contributed by atoms with Crippen LogP contribution >= 0.6 is 22.7 Å². The van der Waals surface area contributed by atoms with Gasteiger partial charge in [-0.05, 0) is 12.1 Å². The lowest BCUT2D eigenvalue weighted by Gasteiger charge is -2.11. The molecule has 2 aromatic carbocycles. The number of methoxy groups -OCH3 is 2. The summed E-state index contributed by atoms with van der Waals surface area (Å²) >= 11 is 2.33. The number of carbonyl (C=O) groups is 4. The van der Waals surface area contributed by atoms with Crippen molar-refractivity contribution in [3.8, 4) is 34.0 Å². The minimum Gasteiger partial charge on any atom is -0.496 e. The van der Waals surface area contributed by atoms with Crippen LogP contribution in [-0.4, -0.2) is 67.9 Å². The third-order valence-corrected chi connectivity index (χ3v) is 8.31. The molecule has 41 heavy (non-hydrogen) atoms. The van der Waals surface area contributed by atoms with E-state index in [1.54, 1.807) is 12.1 Å². The Morgan fingerprint density at radius 1 is 0.756 bits per heavy atom. The number of ketones is 2. The Balaban J connectivity index is 1.56. The fraction of sp³-hybridized carbons (Fsp3) is 0.222. The maximum atomic E-state index is 12.5. The molecule has 0 unspecified atom stereocenters. The Kier molecular flexibility index (Phi) is 7.77. The molecule has 0 radical (unpaired) electrons. The number of nitrogens with one attached hydrogen (secondary N) is 1. The number of Topliss-reactive ketones (excluding diaryl/α,β-unsaturated/α-hetero) is 2. The van der Waals surface area contributed by atoms with Crippen molar-refractivity contribution in [2.75, 3.05) is 14.2 Å². The van der Waals surface area contributed by atoms with Crippen molar-refractivity contribution in [3.05, 3.63) is 40.6 Å². The summed E-state index contributed by atoms with van der Waals surface area (Å²) in [5, 5.41) is 18.2. The van der Waals surface area contributed by atoms with Gasteiger partial charge in [0.05, 0.1) is 65.2 Å². The van der Waals surface area contributed by atoms with Gasteiger partial charge in [0.15, 0.2) is 21.6 Å². The second kappa shape index (κ2) is 11.4. The molecule has 0 bridgehead atoms. The van der Waals surface area contributed by atoms with Gasteiger partial charge in [0.25, 0.3) is 0 Å². The minimum atomic E-state index is -1.05. The first-order valence-electron chi connectivity index (χ1n) is 12.2. The first kappa shape index (κ1) is 27.9. The molecule has 3 heterocycles. The van der Waals surface area contributed by atoms with E-state index in [1.165, 1.54) is 31.9 Å². The summed E-state index contributed by atoms with van der Waals surface area (Å²) < 4.78 is 12.7. The number of H-pyrrole nitrogens is 1. The van der Waals surface area contributed by atoms with Gasteiger partial charge in [0, 0.05) is 36.1 Å². The highest BCUT2D eigenvalue weighted by molar-refractivity contribution is 7.20. The van der Waals surface area contributed by atoms with Crippen LogP contribution in [0.5, 0.6) is 11.5 Å². The van der Waals surface area contributed by atoms with Gasteiger partial charge in [-0.15, -0.1) is 22.7 Å². The van der Waals surface area contributed by atoms with Crippen LogP contribution in [0.3, 0.4) is 0 Å². The normalized spacial score (nSPS) is 11.2. The van der Waals surface area contributed by atoms with E-state index in [2.05, 4.69) is 19.9 Å². The molecule has 0 aliphatic heterocycles. The van der Waals surface area contributed by atoms with Gasteiger partial charge in [0.1, 0.15) is 11.5 Å². The summed E-state index contributed by atoms with van der Waals surface area (Å²) in [6.45, 7) is 0. The lowest BCUT2D eigenvalue weighted by Crippen LogP contribution is -2.03. The summed E-state index contributed by atoms with van der Waals surface area (Å²) in [5.41, 5.74) is 3.50. The van der Waals surface area contributed by atoms with Gasteiger partial charge in [-0.2, -0.15) is 0 Å². The first-order valence-corrected chi connectivity index (χ1v) is 13.8. The third-order valence-electron chi connectivity index (χ3n) is 6.19. The number of carboxylic acids is 2. The number of rotatable bonds is 12. The standard InChI is InChI=1S/C27H22N4O8S2/c1-38-18-9-14-20(40-26(30-14)16(32)3-5-22(34)35)7-12(18)24-25(29-11-28-24)13-8-21-15(10-19(13)39-2)31-27(41-21)17(33)4-6-23(36)37/h7-11H,3-6H2,1-2H3,(H,28,29)(H,34,35)(H,36,37).